The number of hydrogen-bond acceptors (Lipinski definition) is 5. The number of halogens is 1. The van der Waals surface area contributed by atoms with Crippen molar-refractivity contribution in [2.75, 3.05) is 5.32 Å². The van der Waals surface area contributed by atoms with Gasteiger partial charge in [0.15, 0.2) is 11.9 Å². The number of carbonyl (C=O) groups is 1. The Morgan fingerprint density at radius 1 is 1.21 bits per heavy atom. The van der Waals surface area contributed by atoms with Gasteiger partial charge in [-0.05, 0) is 42.9 Å². The molecular weight excluding hydrogens is 396 g/mol. The standard InChI is InChI=1S/C19H21ClN6O3/c1-4-16(25-13(3)10-18(23-25)26(28)29)19(27)21-17-9-12(2)24(22-17)11-14-5-7-15(20)8-6-14/h5-10,16H,4,11H2,1-3H3,(H,21,22,27). The Kier molecular flexibility index (Phi) is 5.97. The normalized spacial score (nSPS) is 12.0. The van der Waals surface area contributed by atoms with Gasteiger partial charge in [-0.3, -0.25) is 9.48 Å². The maximum atomic E-state index is 12.8. The highest BCUT2D eigenvalue weighted by atomic mass is 35.5. The van der Waals surface area contributed by atoms with E-state index in [1.807, 2.05) is 38.1 Å². The Morgan fingerprint density at radius 3 is 2.48 bits per heavy atom. The van der Waals surface area contributed by atoms with Crippen LogP contribution in [0.4, 0.5) is 11.6 Å². The maximum Gasteiger partial charge on any atom is 0.390 e. The number of nitrogens with one attached hydrogen (secondary N) is 1. The van der Waals surface area contributed by atoms with Crippen LogP contribution in [0.25, 0.3) is 0 Å². The van der Waals surface area contributed by atoms with Crippen molar-refractivity contribution in [3.63, 3.8) is 0 Å². The average molecular weight is 417 g/mol. The number of carbonyl (C=O) groups excluding carboxylic acids is 1. The number of hydrogen-bond donors (Lipinski definition) is 1. The second-order valence-electron chi connectivity index (χ2n) is 6.71. The summed E-state index contributed by atoms with van der Waals surface area (Å²) in [5.41, 5.74) is 2.46. The van der Waals surface area contributed by atoms with Gasteiger partial charge in [0, 0.05) is 16.8 Å². The quantitative estimate of drug-likeness (QED) is 0.464. The summed E-state index contributed by atoms with van der Waals surface area (Å²) >= 11 is 5.92. The first-order valence-corrected chi connectivity index (χ1v) is 9.46. The zero-order valence-corrected chi connectivity index (χ0v) is 17.1. The predicted molar refractivity (Wildman–Crippen MR) is 109 cm³/mol. The van der Waals surface area contributed by atoms with E-state index in [4.69, 9.17) is 11.6 Å². The zero-order valence-electron chi connectivity index (χ0n) is 16.3. The van der Waals surface area contributed by atoms with Gasteiger partial charge in [-0.15, -0.1) is 0 Å². The highest BCUT2D eigenvalue weighted by Gasteiger charge is 2.27. The van der Waals surface area contributed by atoms with Crippen molar-refractivity contribution in [2.45, 2.75) is 39.8 Å². The number of aromatic nitrogens is 4. The number of benzene rings is 1. The molecule has 1 atom stereocenters. The Morgan fingerprint density at radius 2 is 1.90 bits per heavy atom. The Balaban J connectivity index is 1.75. The zero-order chi connectivity index (χ0) is 21.1. The lowest BCUT2D eigenvalue weighted by Crippen LogP contribution is -2.27. The molecule has 0 bridgehead atoms. The minimum absolute atomic E-state index is 0.281. The van der Waals surface area contributed by atoms with Gasteiger partial charge in [-0.2, -0.15) is 9.78 Å². The van der Waals surface area contributed by atoms with Crippen LogP contribution in [0, 0.1) is 24.0 Å². The number of anilines is 1. The van der Waals surface area contributed by atoms with E-state index in [1.165, 1.54) is 10.7 Å². The van der Waals surface area contributed by atoms with Crippen LogP contribution in [0.5, 0.6) is 0 Å². The molecule has 9 nitrogen and oxygen atoms in total. The smallest absolute Gasteiger partial charge is 0.358 e. The second-order valence-corrected chi connectivity index (χ2v) is 7.15. The molecule has 3 aromatic rings. The molecule has 0 saturated carbocycles. The van der Waals surface area contributed by atoms with Gasteiger partial charge in [-0.1, -0.05) is 30.7 Å². The van der Waals surface area contributed by atoms with Crippen molar-refractivity contribution in [2.24, 2.45) is 0 Å². The summed E-state index contributed by atoms with van der Waals surface area (Å²) in [7, 11) is 0. The molecule has 29 heavy (non-hydrogen) atoms. The van der Waals surface area contributed by atoms with Crippen molar-refractivity contribution in [1.82, 2.24) is 19.6 Å². The largest absolute Gasteiger partial charge is 0.390 e. The van der Waals surface area contributed by atoms with Gasteiger partial charge >= 0.3 is 5.82 Å². The van der Waals surface area contributed by atoms with Crippen LogP contribution in [-0.2, 0) is 11.3 Å². The van der Waals surface area contributed by atoms with E-state index in [9.17, 15) is 14.9 Å². The molecule has 10 heteroatoms. The van der Waals surface area contributed by atoms with Gasteiger partial charge in [0.2, 0.25) is 0 Å². The van der Waals surface area contributed by atoms with Crippen molar-refractivity contribution in [3.05, 3.63) is 68.5 Å². The van der Waals surface area contributed by atoms with Gasteiger partial charge in [0.25, 0.3) is 5.91 Å². The molecule has 0 aliphatic carbocycles. The second kappa shape index (κ2) is 8.44. The molecule has 0 spiro atoms. The first-order chi connectivity index (χ1) is 13.8. The number of amides is 1. The van der Waals surface area contributed by atoms with Crippen LogP contribution in [0.2, 0.25) is 5.02 Å². The van der Waals surface area contributed by atoms with E-state index in [2.05, 4.69) is 15.5 Å². The van der Waals surface area contributed by atoms with Crippen molar-refractivity contribution < 1.29 is 9.72 Å². The third-order valence-corrected chi connectivity index (χ3v) is 4.81. The minimum Gasteiger partial charge on any atom is -0.358 e. The first-order valence-electron chi connectivity index (χ1n) is 9.08. The van der Waals surface area contributed by atoms with Gasteiger partial charge in [-0.25, -0.2) is 0 Å². The fourth-order valence-corrected chi connectivity index (χ4v) is 3.17. The fourth-order valence-electron chi connectivity index (χ4n) is 3.05. The SMILES string of the molecule is CCC(C(=O)Nc1cc(C)n(Cc2ccc(Cl)cc2)n1)n1nc([N+](=O)[O-])cc1C. The lowest BCUT2D eigenvalue weighted by atomic mass is 10.2. The molecule has 2 heterocycles. The summed E-state index contributed by atoms with van der Waals surface area (Å²) in [5.74, 6) is -0.194. The van der Waals surface area contributed by atoms with Crippen LogP contribution in [0.1, 0.15) is 36.3 Å². The highest BCUT2D eigenvalue weighted by molar-refractivity contribution is 6.30. The molecule has 2 aromatic heterocycles. The van der Waals surface area contributed by atoms with E-state index in [-0.39, 0.29) is 11.7 Å². The molecule has 1 N–H and O–H groups in total. The molecule has 3 rings (SSSR count). The summed E-state index contributed by atoms with van der Waals surface area (Å²) in [6, 6.07) is 9.92. The minimum atomic E-state index is -0.676. The van der Waals surface area contributed by atoms with Crippen LogP contribution >= 0.6 is 11.6 Å². The Bertz CT molecular complexity index is 1040. The molecule has 1 unspecified atom stereocenters. The topological polar surface area (TPSA) is 108 Å². The van der Waals surface area contributed by atoms with Gasteiger partial charge < -0.3 is 15.4 Å². The van der Waals surface area contributed by atoms with E-state index in [0.29, 0.717) is 29.5 Å². The Hall–Kier alpha value is -3.20. The van der Waals surface area contributed by atoms with Crippen LogP contribution < -0.4 is 5.32 Å². The number of nitrogens with zero attached hydrogens (tertiary/aromatic N) is 5. The molecule has 0 aliphatic heterocycles. The fraction of sp³-hybridized carbons (Fsp3) is 0.316. The number of rotatable bonds is 7. The first kappa shape index (κ1) is 20.5. The molecule has 0 saturated heterocycles. The molecule has 0 radical (unpaired) electrons. The summed E-state index contributed by atoms with van der Waals surface area (Å²) in [5, 5.41) is 22.8. The van der Waals surface area contributed by atoms with E-state index < -0.39 is 11.0 Å². The van der Waals surface area contributed by atoms with E-state index in [0.717, 1.165) is 11.3 Å². The third-order valence-electron chi connectivity index (χ3n) is 4.56. The molecule has 0 fully saturated rings. The van der Waals surface area contributed by atoms with Gasteiger partial charge in [0.1, 0.15) is 0 Å². The van der Waals surface area contributed by atoms with Crippen molar-refractivity contribution in [3.8, 4) is 0 Å². The van der Waals surface area contributed by atoms with Crippen LogP contribution in [-0.4, -0.2) is 30.4 Å². The average Bonchev–Trinajstić information content (AvgIpc) is 3.21. The monoisotopic (exact) mass is 416 g/mol. The van der Waals surface area contributed by atoms with Crippen LogP contribution in [0.3, 0.4) is 0 Å². The van der Waals surface area contributed by atoms with Gasteiger partial charge in [0.05, 0.1) is 23.4 Å². The third kappa shape index (κ3) is 4.62. The molecule has 1 amide bonds. The summed E-state index contributed by atoms with van der Waals surface area (Å²) in [6.45, 7) is 5.94. The summed E-state index contributed by atoms with van der Waals surface area (Å²) < 4.78 is 3.16. The van der Waals surface area contributed by atoms with Crippen molar-refractivity contribution in [1.29, 1.82) is 0 Å². The highest BCUT2D eigenvalue weighted by Crippen LogP contribution is 2.21. The molecule has 1 aromatic carbocycles. The van der Waals surface area contributed by atoms with Crippen molar-refractivity contribution >= 4 is 29.1 Å². The predicted octanol–water partition coefficient (Wildman–Crippen LogP) is 3.90. The number of nitro groups is 1. The summed E-state index contributed by atoms with van der Waals surface area (Å²) in [4.78, 5) is 23.2. The lowest BCUT2D eigenvalue weighted by molar-refractivity contribution is -0.389. The molecular formula is C19H21ClN6O3. The van der Waals surface area contributed by atoms with E-state index in [1.54, 1.807) is 17.7 Å². The van der Waals surface area contributed by atoms with E-state index >= 15 is 0 Å². The Labute approximate surface area is 172 Å². The number of aryl methyl sites for hydroxylation is 2. The summed E-state index contributed by atoms with van der Waals surface area (Å²) in [6.07, 6.45) is 0.427. The maximum absolute atomic E-state index is 12.8. The van der Waals surface area contributed by atoms with Crippen LogP contribution in [0.15, 0.2) is 36.4 Å². The molecule has 152 valence electrons. The molecule has 0 aliphatic rings. The lowest BCUT2D eigenvalue weighted by Gasteiger charge is -2.13.